The lowest BCUT2D eigenvalue weighted by atomic mass is 10.1. The number of esters is 1. The largest absolute Gasteiger partial charge is 0.465 e. The number of imidazole rings is 1. The Bertz CT molecular complexity index is 635. The van der Waals surface area contributed by atoms with Crippen molar-refractivity contribution < 1.29 is 9.53 Å². The van der Waals surface area contributed by atoms with Crippen molar-refractivity contribution in [3.8, 4) is 0 Å². The molecule has 1 fully saturated rings. The molecule has 1 aliphatic rings. The van der Waals surface area contributed by atoms with Crippen LogP contribution in [0, 0.1) is 0 Å². The summed E-state index contributed by atoms with van der Waals surface area (Å²) in [7, 11) is 1.40. The molecule has 1 atom stereocenters. The van der Waals surface area contributed by atoms with Gasteiger partial charge in [-0.3, -0.25) is 0 Å². The van der Waals surface area contributed by atoms with Crippen LogP contribution in [0.25, 0.3) is 5.52 Å². The molecule has 2 aromatic heterocycles. The van der Waals surface area contributed by atoms with E-state index in [1.54, 1.807) is 6.07 Å². The number of carbonyl (C=O) groups excluding carboxylic acids is 1. The van der Waals surface area contributed by atoms with Gasteiger partial charge in [-0.15, -0.1) is 0 Å². The molecule has 0 aliphatic carbocycles. The van der Waals surface area contributed by atoms with Gasteiger partial charge < -0.3 is 14.0 Å². The molecule has 0 N–H and O–H groups in total. The minimum Gasteiger partial charge on any atom is -0.465 e. The van der Waals surface area contributed by atoms with Crippen LogP contribution in [0.4, 0.5) is 0 Å². The fourth-order valence-electron chi connectivity index (χ4n) is 2.88. The van der Waals surface area contributed by atoms with Gasteiger partial charge in [-0.2, -0.15) is 0 Å². The maximum Gasteiger partial charge on any atom is 0.339 e. The average Bonchev–Trinajstić information content (AvgIpc) is 3.11. The Hall–Kier alpha value is -1.88. The van der Waals surface area contributed by atoms with Crippen LogP contribution >= 0.6 is 0 Å². The number of likely N-dealkylation sites (N-methyl/N-ethyl adjacent to an activating group) is 1. The fourth-order valence-corrected chi connectivity index (χ4v) is 2.88. The predicted molar refractivity (Wildman–Crippen MR) is 76.0 cm³/mol. The van der Waals surface area contributed by atoms with Gasteiger partial charge in [0.2, 0.25) is 0 Å². The van der Waals surface area contributed by atoms with Gasteiger partial charge in [-0.05, 0) is 31.6 Å². The van der Waals surface area contributed by atoms with Crippen molar-refractivity contribution in [1.82, 2.24) is 14.3 Å². The van der Waals surface area contributed by atoms with Crippen LogP contribution in [0.3, 0.4) is 0 Å². The normalized spacial score (nSPS) is 19.6. The second kappa shape index (κ2) is 5.25. The average molecular weight is 273 g/mol. The molecule has 2 aromatic rings. The van der Waals surface area contributed by atoms with Crippen LogP contribution in [0.5, 0.6) is 0 Å². The number of methoxy groups -OCH3 is 1. The number of likely N-dealkylation sites (tertiary alicyclic amines) is 1. The van der Waals surface area contributed by atoms with Crippen molar-refractivity contribution in [1.29, 1.82) is 0 Å². The molecular weight excluding hydrogens is 254 g/mol. The van der Waals surface area contributed by atoms with E-state index >= 15 is 0 Å². The van der Waals surface area contributed by atoms with Gasteiger partial charge in [0.25, 0.3) is 0 Å². The zero-order valence-electron chi connectivity index (χ0n) is 11.9. The number of pyridine rings is 1. The molecular formula is C15H19N3O2. The first-order valence-corrected chi connectivity index (χ1v) is 7.00. The number of ether oxygens (including phenoxy) is 1. The van der Waals surface area contributed by atoms with E-state index in [1.807, 2.05) is 22.9 Å². The molecule has 0 saturated carbocycles. The zero-order chi connectivity index (χ0) is 14.1. The van der Waals surface area contributed by atoms with Crippen LogP contribution in [0.15, 0.2) is 24.5 Å². The quantitative estimate of drug-likeness (QED) is 0.802. The van der Waals surface area contributed by atoms with Gasteiger partial charge >= 0.3 is 5.97 Å². The van der Waals surface area contributed by atoms with E-state index in [4.69, 9.17) is 4.74 Å². The summed E-state index contributed by atoms with van der Waals surface area (Å²) in [4.78, 5) is 18.6. The standard InChI is InChI=1S/C15H19N3O2/c1-3-17-7-6-11(9-17)14-16-8-13-5-4-12(10-18(13)14)15(19)20-2/h4-5,8,10-11H,3,6-7,9H2,1-2H3. The number of hydrogen-bond acceptors (Lipinski definition) is 4. The lowest BCUT2D eigenvalue weighted by Crippen LogP contribution is -2.19. The van der Waals surface area contributed by atoms with Crippen LogP contribution in [-0.2, 0) is 4.74 Å². The Labute approximate surface area is 118 Å². The Balaban J connectivity index is 1.97. The van der Waals surface area contributed by atoms with E-state index in [-0.39, 0.29) is 5.97 Å². The number of rotatable bonds is 3. The zero-order valence-corrected chi connectivity index (χ0v) is 11.9. The van der Waals surface area contributed by atoms with Crippen LogP contribution < -0.4 is 0 Å². The van der Waals surface area contributed by atoms with Gasteiger partial charge in [-0.1, -0.05) is 6.92 Å². The Kier molecular flexibility index (Phi) is 3.44. The summed E-state index contributed by atoms with van der Waals surface area (Å²) >= 11 is 0. The van der Waals surface area contributed by atoms with E-state index in [0.717, 1.165) is 37.4 Å². The molecule has 0 amide bonds. The first-order valence-electron chi connectivity index (χ1n) is 7.00. The number of carbonyl (C=O) groups is 1. The third-order valence-electron chi connectivity index (χ3n) is 4.06. The highest BCUT2D eigenvalue weighted by atomic mass is 16.5. The van der Waals surface area contributed by atoms with Gasteiger partial charge in [0.05, 0.1) is 24.4 Å². The van der Waals surface area contributed by atoms with Crippen LogP contribution in [-0.4, -0.2) is 47.0 Å². The van der Waals surface area contributed by atoms with Gasteiger partial charge in [0.15, 0.2) is 0 Å². The molecule has 1 aliphatic heterocycles. The summed E-state index contributed by atoms with van der Waals surface area (Å²) in [6.45, 7) is 5.42. The van der Waals surface area contributed by atoms with Gasteiger partial charge in [-0.25, -0.2) is 9.78 Å². The number of fused-ring (bicyclic) bond motifs is 1. The highest BCUT2D eigenvalue weighted by molar-refractivity contribution is 5.89. The Morgan fingerprint density at radius 1 is 1.50 bits per heavy atom. The first kappa shape index (κ1) is 13.1. The second-order valence-corrected chi connectivity index (χ2v) is 5.20. The molecule has 5 heteroatoms. The third-order valence-corrected chi connectivity index (χ3v) is 4.06. The summed E-state index contributed by atoms with van der Waals surface area (Å²) in [6.07, 6.45) is 4.82. The van der Waals surface area contributed by atoms with Crippen molar-refractivity contribution in [3.63, 3.8) is 0 Å². The molecule has 0 spiro atoms. The van der Waals surface area contributed by atoms with Crippen molar-refractivity contribution in [2.75, 3.05) is 26.7 Å². The summed E-state index contributed by atoms with van der Waals surface area (Å²) in [6, 6.07) is 3.69. The maximum absolute atomic E-state index is 11.6. The van der Waals surface area contributed by atoms with Gasteiger partial charge in [0, 0.05) is 18.7 Å². The highest BCUT2D eigenvalue weighted by Crippen LogP contribution is 2.27. The van der Waals surface area contributed by atoms with Crippen molar-refractivity contribution in [3.05, 3.63) is 35.9 Å². The predicted octanol–water partition coefficient (Wildman–Crippen LogP) is 1.93. The summed E-state index contributed by atoms with van der Waals surface area (Å²) in [5, 5.41) is 0. The lowest BCUT2D eigenvalue weighted by Gasteiger charge is -2.12. The lowest BCUT2D eigenvalue weighted by molar-refractivity contribution is 0.0600. The number of nitrogens with zero attached hydrogens (tertiary/aromatic N) is 3. The number of aromatic nitrogens is 2. The summed E-state index contributed by atoms with van der Waals surface area (Å²) in [5.74, 6) is 1.17. The molecule has 1 saturated heterocycles. The molecule has 3 rings (SSSR count). The van der Waals surface area contributed by atoms with E-state index in [1.165, 1.54) is 7.11 Å². The van der Waals surface area contributed by atoms with Crippen LogP contribution in [0.2, 0.25) is 0 Å². The van der Waals surface area contributed by atoms with E-state index in [2.05, 4.69) is 16.8 Å². The fraction of sp³-hybridized carbons (Fsp3) is 0.467. The van der Waals surface area contributed by atoms with Crippen LogP contribution in [0.1, 0.15) is 35.4 Å². The van der Waals surface area contributed by atoms with E-state index in [0.29, 0.717) is 11.5 Å². The molecule has 1 unspecified atom stereocenters. The van der Waals surface area contributed by atoms with E-state index in [9.17, 15) is 4.79 Å². The third kappa shape index (κ3) is 2.18. The summed E-state index contributed by atoms with van der Waals surface area (Å²) in [5.41, 5.74) is 1.58. The van der Waals surface area contributed by atoms with Crippen molar-refractivity contribution >= 4 is 11.5 Å². The SMILES string of the molecule is CCN1CCC(c2ncc3ccc(C(=O)OC)cn23)C1. The van der Waals surface area contributed by atoms with Crippen molar-refractivity contribution in [2.45, 2.75) is 19.3 Å². The molecule has 5 nitrogen and oxygen atoms in total. The maximum atomic E-state index is 11.6. The molecule has 0 bridgehead atoms. The number of hydrogen-bond donors (Lipinski definition) is 0. The Morgan fingerprint density at radius 2 is 2.35 bits per heavy atom. The minimum absolute atomic E-state index is 0.312. The second-order valence-electron chi connectivity index (χ2n) is 5.20. The minimum atomic E-state index is -0.312. The van der Waals surface area contributed by atoms with E-state index < -0.39 is 0 Å². The summed E-state index contributed by atoms with van der Waals surface area (Å²) < 4.78 is 6.80. The topological polar surface area (TPSA) is 46.8 Å². The van der Waals surface area contributed by atoms with Crippen molar-refractivity contribution in [2.24, 2.45) is 0 Å². The van der Waals surface area contributed by atoms with Gasteiger partial charge in [0.1, 0.15) is 5.82 Å². The highest BCUT2D eigenvalue weighted by Gasteiger charge is 2.26. The molecule has 20 heavy (non-hydrogen) atoms. The molecule has 0 aromatic carbocycles. The smallest absolute Gasteiger partial charge is 0.339 e. The molecule has 106 valence electrons. The Morgan fingerprint density at radius 3 is 3.05 bits per heavy atom. The molecule has 0 radical (unpaired) electrons. The monoisotopic (exact) mass is 273 g/mol. The first-order chi connectivity index (χ1) is 9.72. The molecule has 3 heterocycles.